The van der Waals surface area contributed by atoms with E-state index in [2.05, 4.69) is 23.6 Å². The Labute approximate surface area is 215 Å². The largest absolute Gasteiger partial charge is 0.493 e. The molecule has 0 aliphatic carbocycles. The van der Waals surface area contributed by atoms with Gasteiger partial charge in [-0.3, -0.25) is 14.6 Å². The Morgan fingerprint density at radius 2 is 1.64 bits per heavy atom. The molecule has 1 aromatic carbocycles. The maximum Gasteiger partial charge on any atom is 0.254 e. The minimum atomic E-state index is -0.436. The lowest BCUT2D eigenvalue weighted by atomic mass is 10.1. The highest BCUT2D eigenvalue weighted by molar-refractivity contribution is 5.95. The summed E-state index contributed by atoms with van der Waals surface area (Å²) in [5.74, 6) is 1.51. The zero-order chi connectivity index (χ0) is 26.1. The zero-order valence-electron chi connectivity index (χ0n) is 22.4. The van der Waals surface area contributed by atoms with Gasteiger partial charge in [-0.1, -0.05) is 13.8 Å². The molecule has 2 saturated heterocycles. The van der Waals surface area contributed by atoms with Crippen molar-refractivity contribution in [3.8, 4) is 17.2 Å². The molecule has 10 nitrogen and oxygen atoms in total. The highest BCUT2D eigenvalue weighted by Gasteiger charge is 2.28. The lowest BCUT2D eigenvalue weighted by Gasteiger charge is -2.37. The summed E-state index contributed by atoms with van der Waals surface area (Å²) < 4.78 is 27.7. The molecular formula is C26H43N3O7. The fourth-order valence-electron chi connectivity index (χ4n) is 4.81. The first-order valence-corrected chi connectivity index (χ1v) is 12.8. The van der Waals surface area contributed by atoms with E-state index in [4.69, 9.17) is 23.7 Å². The fourth-order valence-corrected chi connectivity index (χ4v) is 4.81. The minimum absolute atomic E-state index is 0.115. The van der Waals surface area contributed by atoms with E-state index < -0.39 is 6.10 Å². The number of carbonyl (C=O) groups is 1. The van der Waals surface area contributed by atoms with E-state index in [1.165, 1.54) is 21.3 Å². The topological polar surface area (TPSA) is 93.2 Å². The molecule has 3 rings (SSSR count). The Balaban J connectivity index is 1.65. The van der Waals surface area contributed by atoms with Gasteiger partial charge in [0.25, 0.3) is 5.91 Å². The van der Waals surface area contributed by atoms with Crippen LogP contribution >= 0.6 is 0 Å². The molecule has 0 bridgehead atoms. The average molecular weight is 510 g/mol. The van der Waals surface area contributed by atoms with Crippen LogP contribution in [0.15, 0.2) is 12.1 Å². The van der Waals surface area contributed by atoms with Gasteiger partial charge in [-0.05, 0) is 18.1 Å². The lowest BCUT2D eigenvalue weighted by molar-refractivity contribution is -0.0560. The van der Waals surface area contributed by atoms with Crippen molar-refractivity contribution >= 4 is 5.91 Å². The van der Waals surface area contributed by atoms with Crippen LogP contribution in [-0.2, 0) is 9.47 Å². The number of ether oxygens (including phenoxy) is 5. The number of morpholine rings is 2. The molecule has 0 radical (unpaired) electrons. The number of aliphatic hydroxyl groups is 1. The van der Waals surface area contributed by atoms with Gasteiger partial charge in [-0.2, -0.15) is 0 Å². The Hall–Kier alpha value is -2.11. The number of rotatable bonds is 12. The first-order chi connectivity index (χ1) is 17.3. The van der Waals surface area contributed by atoms with Crippen molar-refractivity contribution < 1.29 is 33.6 Å². The highest BCUT2D eigenvalue weighted by atomic mass is 16.5. The molecule has 36 heavy (non-hydrogen) atoms. The van der Waals surface area contributed by atoms with E-state index in [0.717, 1.165) is 32.8 Å². The Bertz CT molecular complexity index is 807. The van der Waals surface area contributed by atoms with E-state index >= 15 is 0 Å². The minimum Gasteiger partial charge on any atom is -0.493 e. The second-order valence-corrected chi connectivity index (χ2v) is 9.84. The molecule has 2 aliphatic rings. The van der Waals surface area contributed by atoms with Crippen molar-refractivity contribution in [2.75, 3.05) is 93.5 Å². The maximum absolute atomic E-state index is 13.6. The van der Waals surface area contributed by atoms with Crippen LogP contribution in [0, 0.1) is 5.92 Å². The number of carbonyl (C=O) groups excluding carboxylic acids is 1. The molecule has 2 atom stereocenters. The van der Waals surface area contributed by atoms with E-state index in [1.807, 2.05) is 4.90 Å². The van der Waals surface area contributed by atoms with Gasteiger partial charge in [0.1, 0.15) is 0 Å². The average Bonchev–Trinajstić information content (AvgIpc) is 2.87. The second kappa shape index (κ2) is 14.0. The number of methoxy groups -OCH3 is 3. The summed E-state index contributed by atoms with van der Waals surface area (Å²) in [4.78, 5) is 19.9. The van der Waals surface area contributed by atoms with Gasteiger partial charge < -0.3 is 33.7 Å². The molecule has 2 fully saturated rings. The molecule has 10 heteroatoms. The number of amides is 1. The summed E-state index contributed by atoms with van der Waals surface area (Å²) in [7, 11) is 4.61. The Morgan fingerprint density at radius 1 is 1.03 bits per heavy atom. The molecule has 0 spiro atoms. The van der Waals surface area contributed by atoms with Crippen LogP contribution in [0.25, 0.3) is 0 Å². The van der Waals surface area contributed by atoms with Gasteiger partial charge in [0.2, 0.25) is 5.75 Å². The van der Waals surface area contributed by atoms with E-state index in [0.29, 0.717) is 62.1 Å². The third-order valence-corrected chi connectivity index (χ3v) is 6.47. The predicted molar refractivity (Wildman–Crippen MR) is 136 cm³/mol. The molecule has 2 aliphatic heterocycles. The van der Waals surface area contributed by atoms with Crippen molar-refractivity contribution in [3.05, 3.63) is 17.7 Å². The molecule has 1 amide bonds. The summed E-state index contributed by atoms with van der Waals surface area (Å²) >= 11 is 0. The third-order valence-electron chi connectivity index (χ3n) is 6.47. The molecule has 0 unspecified atom stereocenters. The smallest absolute Gasteiger partial charge is 0.254 e. The number of β-amino-alcohol motifs (C(OH)–C–C–N with tert-alkyl or cyclic N) is 1. The van der Waals surface area contributed by atoms with E-state index in [9.17, 15) is 9.90 Å². The quantitative estimate of drug-likeness (QED) is 0.446. The summed E-state index contributed by atoms with van der Waals surface area (Å²) in [6, 6.07) is 3.38. The van der Waals surface area contributed by atoms with E-state index in [-0.39, 0.29) is 17.9 Å². The normalized spacial score (nSPS) is 20.2. The Kier molecular flexibility index (Phi) is 11.1. The first-order valence-electron chi connectivity index (χ1n) is 12.8. The SMILES string of the molecule is COc1cc(C(=O)N(CC(C)C)C[C@H]2CN(C[C@H](O)CN3CCOCC3)CCO2)cc(OC)c1OC. The van der Waals surface area contributed by atoms with Crippen molar-refractivity contribution in [2.24, 2.45) is 5.92 Å². The summed E-state index contributed by atoms with van der Waals surface area (Å²) in [5.41, 5.74) is 0.471. The van der Waals surface area contributed by atoms with Crippen LogP contribution in [0.3, 0.4) is 0 Å². The van der Waals surface area contributed by atoms with Gasteiger partial charge in [-0.15, -0.1) is 0 Å². The van der Waals surface area contributed by atoms with Gasteiger partial charge in [0, 0.05) is 57.9 Å². The van der Waals surface area contributed by atoms with Gasteiger partial charge in [0.15, 0.2) is 11.5 Å². The molecule has 0 aromatic heterocycles. The number of benzene rings is 1. The van der Waals surface area contributed by atoms with Crippen molar-refractivity contribution in [1.29, 1.82) is 0 Å². The first kappa shape index (κ1) is 28.5. The van der Waals surface area contributed by atoms with Gasteiger partial charge in [0.05, 0.1) is 53.4 Å². The fraction of sp³-hybridized carbons (Fsp3) is 0.731. The van der Waals surface area contributed by atoms with Crippen LogP contribution in [0.4, 0.5) is 0 Å². The van der Waals surface area contributed by atoms with Crippen LogP contribution in [-0.4, -0.2) is 131 Å². The van der Waals surface area contributed by atoms with E-state index in [1.54, 1.807) is 12.1 Å². The highest BCUT2D eigenvalue weighted by Crippen LogP contribution is 2.38. The predicted octanol–water partition coefficient (Wildman–Crippen LogP) is 1.20. The molecular weight excluding hydrogens is 466 g/mol. The summed E-state index contributed by atoms with van der Waals surface area (Å²) in [6.45, 7) is 11.6. The molecule has 1 aromatic rings. The third kappa shape index (κ3) is 7.94. The van der Waals surface area contributed by atoms with Crippen LogP contribution in [0.5, 0.6) is 17.2 Å². The molecule has 204 valence electrons. The number of aliphatic hydroxyl groups excluding tert-OH is 1. The van der Waals surface area contributed by atoms with Crippen LogP contribution < -0.4 is 14.2 Å². The van der Waals surface area contributed by atoms with Gasteiger partial charge >= 0.3 is 0 Å². The monoisotopic (exact) mass is 509 g/mol. The Morgan fingerprint density at radius 3 is 2.22 bits per heavy atom. The van der Waals surface area contributed by atoms with Crippen molar-refractivity contribution in [2.45, 2.75) is 26.1 Å². The zero-order valence-corrected chi connectivity index (χ0v) is 22.4. The van der Waals surface area contributed by atoms with Crippen molar-refractivity contribution in [1.82, 2.24) is 14.7 Å². The number of nitrogens with zero attached hydrogens (tertiary/aromatic N) is 3. The second-order valence-electron chi connectivity index (χ2n) is 9.84. The van der Waals surface area contributed by atoms with Crippen molar-refractivity contribution in [3.63, 3.8) is 0 Å². The number of hydrogen-bond donors (Lipinski definition) is 1. The summed E-state index contributed by atoms with van der Waals surface area (Å²) in [5, 5.41) is 10.7. The van der Waals surface area contributed by atoms with Crippen LogP contribution in [0.1, 0.15) is 24.2 Å². The van der Waals surface area contributed by atoms with Gasteiger partial charge in [-0.25, -0.2) is 0 Å². The standard InChI is InChI=1S/C26H43N3O7/c1-19(2)14-29(26(31)20-12-23(32-3)25(34-5)24(13-20)33-4)18-22-17-28(8-11-36-22)16-21(30)15-27-6-9-35-10-7-27/h12-13,19,21-22,30H,6-11,14-18H2,1-5H3/t21-,22-/m1/s1. The molecule has 1 N–H and O–H groups in total. The maximum atomic E-state index is 13.6. The molecule has 2 heterocycles. The van der Waals surface area contributed by atoms with Crippen LogP contribution in [0.2, 0.25) is 0 Å². The summed E-state index contributed by atoms with van der Waals surface area (Å²) in [6.07, 6.45) is -0.575. The number of hydrogen-bond acceptors (Lipinski definition) is 9. The lowest BCUT2D eigenvalue weighted by Crippen LogP contribution is -2.52. The molecule has 0 saturated carbocycles.